The zero-order chi connectivity index (χ0) is 20.2. The molecule has 29 heavy (non-hydrogen) atoms. The molecule has 0 radical (unpaired) electrons. The maximum atomic E-state index is 13.1. The maximum Gasteiger partial charge on any atom is 0.259 e. The van der Waals surface area contributed by atoms with Gasteiger partial charge in [-0.05, 0) is 55.5 Å². The monoisotopic (exact) mass is 406 g/mol. The fourth-order valence-electron chi connectivity index (χ4n) is 3.53. The van der Waals surface area contributed by atoms with E-state index < -0.39 is 0 Å². The normalized spacial score (nSPS) is 13.3. The second-order valence-corrected chi connectivity index (χ2v) is 7.95. The molecule has 0 saturated carbocycles. The van der Waals surface area contributed by atoms with Gasteiger partial charge >= 0.3 is 0 Å². The predicted molar refractivity (Wildman–Crippen MR) is 117 cm³/mol. The molecule has 0 atom stereocenters. The van der Waals surface area contributed by atoms with Crippen LogP contribution >= 0.6 is 11.3 Å². The summed E-state index contributed by atoms with van der Waals surface area (Å²) in [6, 6.07) is 14.7. The van der Waals surface area contributed by atoms with Crippen molar-refractivity contribution < 1.29 is 14.6 Å². The number of hydrogen-bond donors (Lipinski definition) is 2. The van der Waals surface area contributed by atoms with Gasteiger partial charge in [0.2, 0.25) is 0 Å². The zero-order valence-corrected chi connectivity index (χ0v) is 17.0. The lowest BCUT2D eigenvalue weighted by Gasteiger charge is -2.12. The molecule has 2 N–H and O–H groups in total. The molecule has 1 heterocycles. The first-order chi connectivity index (χ1) is 14.2. The first kappa shape index (κ1) is 19.2. The van der Waals surface area contributed by atoms with E-state index in [0.29, 0.717) is 21.9 Å². The Morgan fingerprint density at radius 3 is 2.72 bits per heavy atom. The summed E-state index contributed by atoms with van der Waals surface area (Å²) < 4.78 is 5.16. The molecule has 2 aromatic carbocycles. The summed E-state index contributed by atoms with van der Waals surface area (Å²) in [6.07, 6.45) is 5.67. The van der Waals surface area contributed by atoms with Gasteiger partial charge in [0.25, 0.3) is 5.91 Å². The highest BCUT2D eigenvalue weighted by molar-refractivity contribution is 7.16. The molecule has 0 bridgehead atoms. The number of para-hydroxylation sites is 2. The Balaban J connectivity index is 1.70. The van der Waals surface area contributed by atoms with Gasteiger partial charge in [-0.2, -0.15) is 0 Å². The fourth-order valence-corrected chi connectivity index (χ4v) is 4.76. The highest BCUT2D eigenvalue weighted by atomic mass is 32.1. The SMILES string of the molecule is COc1cccc(/C=N\c2sc3c(c2C(=O)Nc2ccccc2)CCCC3)c1O. The number of carbonyl (C=O) groups is 1. The first-order valence-electron chi connectivity index (χ1n) is 9.58. The van der Waals surface area contributed by atoms with Crippen LogP contribution < -0.4 is 10.1 Å². The van der Waals surface area contributed by atoms with Crippen LogP contribution in [-0.4, -0.2) is 24.3 Å². The molecule has 3 aromatic rings. The number of rotatable bonds is 5. The number of methoxy groups -OCH3 is 1. The quantitative estimate of drug-likeness (QED) is 0.562. The molecule has 5 nitrogen and oxygen atoms in total. The summed E-state index contributed by atoms with van der Waals surface area (Å²) >= 11 is 1.56. The van der Waals surface area contributed by atoms with Crippen LogP contribution in [0, 0.1) is 0 Å². The summed E-state index contributed by atoms with van der Waals surface area (Å²) in [4.78, 5) is 18.9. The van der Waals surface area contributed by atoms with Crippen molar-refractivity contribution >= 4 is 34.1 Å². The van der Waals surface area contributed by atoms with Gasteiger partial charge in [-0.3, -0.25) is 4.79 Å². The zero-order valence-electron chi connectivity index (χ0n) is 16.1. The van der Waals surface area contributed by atoms with Crippen LogP contribution in [0.2, 0.25) is 0 Å². The number of aliphatic imine (C=N–C) groups is 1. The summed E-state index contributed by atoms with van der Waals surface area (Å²) in [7, 11) is 1.51. The average Bonchev–Trinajstić information content (AvgIpc) is 3.12. The molecule has 0 aliphatic heterocycles. The van der Waals surface area contributed by atoms with Crippen molar-refractivity contribution in [3.8, 4) is 11.5 Å². The second-order valence-electron chi connectivity index (χ2n) is 6.87. The number of ether oxygens (including phenoxy) is 1. The van der Waals surface area contributed by atoms with Crippen molar-refractivity contribution in [2.75, 3.05) is 12.4 Å². The molecule has 4 rings (SSSR count). The van der Waals surface area contributed by atoms with E-state index in [1.807, 2.05) is 30.3 Å². The van der Waals surface area contributed by atoms with E-state index in [4.69, 9.17) is 4.74 Å². The molecule has 0 spiro atoms. The van der Waals surface area contributed by atoms with Gasteiger partial charge in [0, 0.05) is 22.3 Å². The van der Waals surface area contributed by atoms with Crippen LogP contribution in [-0.2, 0) is 12.8 Å². The molecule has 1 amide bonds. The third-order valence-electron chi connectivity index (χ3n) is 4.98. The summed E-state index contributed by atoms with van der Waals surface area (Å²) in [5.74, 6) is 0.287. The number of aryl methyl sites for hydroxylation is 1. The number of aromatic hydroxyl groups is 1. The Morgan fingerprint density at radius 2 is 1.93 bits per heavy atom. The Morgan fingerprint density at radius 1 is 1.14 bits per heavy atom. The summed E-state index contributed by atoms with van der Waals surface area (Å²) in [5.41, 5.74) is 3.06. The van der Waals surface area contributed by atoms with Gasteiger partial charge in [0.1, 0.15) is 5.00 Å². The lowest BCUT2D eigenvalue weighted by molar-refractivity contribution is 0.102. The average molecular weight is 407 g/mol. The smallest absolute Gasteiger partial charge is 0.259 e. The number of hydrogen-bond acceptors (Lipinski definition) is 5. The predicted octanol–water partition coefficient (Wildman–Crippen LogP) is 5.34. The number of benzene rings is 2. The lowest BCUT2D eigenvalue weighted by Crippen LogP contribution is -2.14. The molecule has 1 aliphatic carbocycles. The van der Waals surface area contributed by atoms with Crippen LogP contribution in [0.5, 0.6) is 11.5 Å². The number of phenols is 1. The minimum atomic E-state index is -0.141. The molecule has 0 fully saturated rings. The molecular weight excluding hydrogens is 384 g/mol. The van der Waals surface area contributed by atoms with Crippen LogP contribution in [0.1, 0.15) is 39.2 Å². The van der Waals surface area contributed by atoms with Crippen LogP contribution in [0.25, 0.3) is 0 Å². The van der Waals surface area contributed by atoms with Crippen LogP contribution in [0.15, 0.2) is 53.5 Å². The highest BCUT2D eigenvalue weighted by Crippen LogP contribution is 2.40. The van der Waals surface area contributed by atoms with E-state index >= 15 is 0 Å². The van der Waals surface area contributed by atoms with Gasteiger partial charge < -0.3 is 15.2 Å². The lowest BCUT2D eigenvalue weighted by atomic mass is 9.95. The number of amides is 1. The van der Waals surface area contributed by atoms with E-state index in [1.54, 1.807) is 35.8 Å². The number of thiophene rings is 1. The topological polar surface area (TPSA) is 70.9 Å². The van der Waals surface area contributed by atoms with E-state index in [9.17, 15) is 9.90 Å². The summed E-state index contributed by atoms with van der Waals surface area (Å²) in [6.45, 7) is 0. The Labute approximate surface area is 173 Å². The number of carbonyl (C=O) groups excluding carboxylic acids is 1. The Bertz CT molecular complexity index is 1060. The molecule has 0 unspecified atom stereocenters. The molecule has 1 aromatic heterocycles. The van der Waals surface area contributed by atoms with Gasteiger partial charge in [0.15, 0.2) is 11.5 Å². The largest absolute Gasteiger partial charge is 0.504 e. The number of fused-ring (bicyclic) bond motifs is 1. The highest BCUT2D eigenvalue weighted by Gasteiger charge is 2.25. The van der Waals surface area contributed by atoms with E-state index in [1.165, 1.54) is 12.0 Å². The molecule has 1 aliphatic rings. The van der Waals surface area contributed by atoms with Crippen molar-refractivity contribution in [1.29, 1.82) is 0 Å². The van der Waals surface area contributed by atoms with Crippen molar-refractivity contribution in [1.82, 2.24) is 0 Å². The Kier molecular flexibility index (Phi) is 5.62. The molecule has 148 valence electrons. The van der Waals surface area contributed by atoms with Gasteiger partial charge in [0.05, 0.1) is 12.7 Å². The number of nitrogens with one attached hydrogen (secondary N) is 1. The maximum absolute atomic E-state index is 13.1. The van der Waals surface area contributed by atoms with Crippen LogP contribution in [0.3, 0.4) is 0 Å². The minimum absolute atomic E-state index is 0.0374. The standard InChI is InChI=1S/C23H22N2O3S/c1-28-18-12-7-8-15(21(18)26)14-24-23-20(17-11-5-6-13-19(17)29-23)22(27)25-16-9-3-2-4-10-16/h2-4,7-10,12,14,26H,5-6,11,13H2,1H3,(H,25,27)/b24-14-. The van der Waals surface area contributed by atoms with E-state index in [0.717, 1.165) is 36.9 Å². The van der Waals surface area contributed by atoms with Crippen molar-refractivity contribution in [2.45, 2.75) is 25.7 Å². The van der Waals surface area contributed by atoms with Crippen molar-refractivity contribution in [3.63, 3.8) is 0 Å². The van der Waals surface area contributed by atoms with Gasteiger partial charge in [-0.25, -0.2) is 4.99 Å². The fraction of sp³-hybridized carbons (Fsp3) is 0.217. The first-order valence-corrected chi connectivity index (χ1v) is 10.4. The minimum Gasteiger partial charge on any atom is -0.504 e. The van der Waals surface area contributed by atoms with Crippen LogP contribution in [0.4, 0.5) is 10.7 Å². The van der Waals surface area contributed by atoms with E-state index in [2.05, 4.69) is 10.3 Å². The molecule has 6 heteroatoms. The third kappa shape index (κ3) is 4.03. The molecule has 0 saturated heterocycles. The number of anilines is 1. The third-order valence-corrected chi connectivity index (χ3v) is 6.18. The van der Waals surface area contributed by atoms with Gasteiger partial charge in [-0.1, -0.05) is 24.3 Å². The van der Waals surface area contributed by atoms with Gasteiger partial charge in [-0.15, -0.1) is 11.3 Å². The summed E-state index contributed by atoms with van der Waals surface area (Å²) in [5, 5.41) is 14.0. The van der Waals surface area contributed by atoms with Crippen molar-refractivity contribution in [2.24, 2.45) is 4.99 Å². The number of nitrogens with zero attached hydrogens (tertiary/aromatic N) is 1. The molecular formula is C23H22N2O3S. The van der Waals surface area contributed by atoms with Crippen molar-refractivity contribution in [3.05, 3.63) is 70.1 Å². The second kappa shape index (κ2) is 8.49. The number of phenolic OH excluding ortho intramolecular Hbond substituents is 1. The van der Waals surface area contributed by atoms with E-state index in [-0.39, 0.29) is 11.7 Å². The Hall–Kier alpha value is -3.12.